The van der Waals surface area contributed by atoms with Gasteiger partial charge in [0.25, 0.3) is 0 Å². The van der Waals surface area contributed by atoms with Crippen LogP contribution in [0.3, 0.4) is 0 Å². The molecule has 4 aromatic carbocycles. The Morgan fingerprint density at radius 1 is 0.583 bits per heavy atom. The maximum atomic E-state index is 13.9. The Hall–Kier alpha value is -4.58. The molecule has 0 aliphatic rings. The molecule has 182 valence electrons. The van der Waals surface area contributed by atoms with Crippen molar-refractivity contribution in [3.05, 3.63) is 117 Å². The first-order chi connectivity index (χ1) is 17.2. The van der Waals surface area contributed by atoms with Crippen molar-refractivity contribution in [3.63, 3.8) is 0 Å². The highest BCUT2D eigenvalue weighted by Gasteiger charge is 2.31. The molecule has 0 fully saturated rings. The van der Waals surface area contributed by atoms with Crippen LogP contribution >= 0.6 is 0 Å². The van der Waals surface area contributed by atoms with Crippen molar-refractivity contribution in [2.24, 2.45) is 0 Å². The number of anilines is 2. The van der Waals surface area contributed by atoms with Gasteiger partial charge in [0.15, 0.2) is 23.1 Å². The minimum atomic E-state index is -0.395. The highest BCUT2D eigenvalue weighted by Crippen LogP contribution is 2.39. The Morgan fingerprint density at radius 2 is 1.11 bits per heavy atom. The van der Waals surface area contributed by atoms with Gasteiger partial charge in [0.2, 0.25) is 0 Å². The zero-order valence-electron chi connectivity index (χ0n) is 20.7. The van der Waals surface area contributed by atoms with Crippen LogP contribution in [0, 0.1) is 27.7 Å². The fourth-order valence-corrected chi connectivity index (χ4v) is 4.01. The Kier molecular flexibility index (Phi) is 6.79. The summed E-state index contributed by atoms with van der Waals surface area (Å²) in [6.45, 7) is 7.32. The van der Waals surface area contributed by atoms with Crippen LogP contribution in [0.1, 0.15) is 54.1 Å². The lowest BCUT2D eigenvalue weighted by Crippen LogP contribution is -2.19. The van der Waals surface area contributed by atoms with E-state index in [9.17, 15) is 9.59 Å². The summed E-state index contributed by atoms with van der Waals surface area (Å²) in [6.07, 6.45) is 0. The zero-order chi connectivity index (χ0) is 26.0. The quantitative estimate of drug-likeness (QED) is 0.147. The van der Waals surface area contributed by atoms with Gasteiger partial charge in [-0.2, -0.15) is 0 Å². The molecule has 0 aliphatic carbocycles. The van der Waals surface area contributed by atoms with Crippen LogP contribution in [0.5, 0.6) is 11.5 Å². The molecule has 0 amide bonds. The predicted octanol–water partition coefficient (Wildman–Crippen LogP) is 5.92. The summed E-state index contributed by atoms with van der Waals surface area (Å²) in [4.78, 5) is 39.2. The van der Waals surface area contributed by atoms with E-state index in [2.05, 4.69) is 0 Å². The molecule has 0 saturated carbocycles. The lowest BCUT2D eigenvalue weighted by Gasteiger charge is -2.21. The molecule has 6 heteroatoms. The number of nitrogens with two attached hydrogens (primary N) is 2. The molecule has 0 aliphatic heterocycles. The van der Waals surface area contributed by atoms with Gasteiger partial charge in [-0.15, -0.1) is 0 Å². The van der Waals surface area contributed by atoms with Gasteiger partial charge in [0.1, 0.15) is 0 Å². The summed E-state index contributed by atoms with van der Waals surface area (Å²) in [5.41, 5.74) is 17.2. The number of rotatable bonds is 7. The van der Waals surface area contributed by atoms with Crippen molar-refractivity contribution in [2.45, 2.75) is 27.7 Å². The van der Waals surface area contributed by atoms with E-state index in [0.717, 1.165) is 11.1 Å². The number of benzene rings is 4. The summed E-state index contributed by atoms with van der Waals surface area (Å²) in [5.74, 6) is -0.179. The molecule has 0 spiro atoms. The number of ketones is 2. The van der Waals surface area contributed by atoms with Crippen LogP contribution in [0.4, 0.5) is 11.4 Å². The summed E-state index contributed by atoms with van der Waals surface area (Å²) in [5, 5.41) is 0. The molecule has 4 aromatic rings. The first kappa shape index (κ1) is 24.5. The van der Waals surface area contributed by atoms with Gasteiger partial charge in [0.05, 0.1) is 11.1 Å². The lowest BCUT2D eigenvalue weighted by atomic mass is 9.87. The smallest absolute Gasteiger partial charge is 0.197 e. The number of hydrogen-bond acceptors (Lipinski definition) is 6. The van der Waals surface area contributed by atoms with E-state index in [1.807, 2.05) is 26.0 Å². The predicted molar refractivity (Wildman–Crippen MR) is 142 cm³/mol. The third kappa shape index (κ3) is 4.41. The van der Waals surface area contributed by atoms with Crippen molar-refractivity contribution >= 4 is 22.9 Å². The molecule has 0 saturated heterocycles. The second kappa shape index (κ2) is 9.96. The van der Waals surface area contributed by atoms with Crippen LogP contribution in [0.15, 0.2) is 72.8 Å². The Balaban J connectivity index is 1.93. The lowest BCUT2D eigenvalue weighted by molar-refractivity contribution is -0.102. The maximum Gasteiger partial charge on any atom is 0.197 e. The fourth-order valence-electron chi connectivity index (χ4n) is 4.01. The Labute approximate surface area is 210 Å². The minimum absolute atomic E-state index is 0.0560. The van der Waals surface area contributed by atoms with Crippen LogP contribution in [-0.2, 0) is 0 Å². The fraction of sp³-hybridized carbons (Fsp3) is 0.133. The molecule has 0 heterocycles. The molecular weight excluding hydrogens is 452 g/mol. The van der Waals surface area contributed by atoms with E-state index >= 15 is 0 Å². The van der Waals surface area contributed by atoms with E-state index in [4.69, 9.17) is 21.2 Å². The molecule has 36 heavy (non-hydrogen) atoms. The van der Waals surface area contributed by atoms with Crippen LogP contribution in [0.2, 0.25) is 0 Å². The van der Waals surface area contributed by atoms with Crippen LogP contribution in [0.25, 0.3) is 0 Å². The number of carbonyl (C=O) groups excluding carboxylic acids is 2. The van der Waals surface area contributed by atoms with Crippen molar-refractivity contribution in [1.82, 2.24) is 0 Å². The summed E-state index contributed by atoms with van der Waals surface area (Å²) >= 11 is 0. The zero-order valence-corrected chi connectivity index (χ0v) is 20.7. The van der Waals surface area contributed by atoms with Gasteiger partial charge in [0, 0.05) is 33.6 Å². The number of hydrogen-bond donors (Lipinski definition) is 2. The molecule has 0 aromatic heterocycles. The van der Waals surface area contributed by atoms with E-state index in [-0.39, 0.29) is 28.3 Å². The monoisotopic (exact) mass is 480 g/mol. The molecule has 4 rings (SSSR count). The Bertz CT molecular complexity index is 1460. The average Bonchev–Trinajstić information content (AvgIpc) is 2.91. The molecule has 0 radical (unpaired) electrons. The molecule has 0 unspecified atom stereocenters. The van der Waals surface area contributed by atoms with Crippen molar-refractivity contribution in [3.8, 4) is 11.5 Å². The second-order valence-electron chi connectivity index (χ2n) is 8.70. The number of nitrogen functional groups attached to an aromatic ring is 2. The van der Waals surface area contributed by atoms with Crippen LogP contribution < -0.4 is 21.2 Å². The third-order valence-electron chi connectivity index (χ3n) is 6.57. The van der Waals surface area contributed by atoms with Gasteiger partial charge in [-0.25, -0.2) is 0 Å². The molecular formula is C30H28N2O4. The second-order valence-corrected chi connectivity index (χ2v) is 8.70. The van der Waals surface area contributed by atoms with Gasteiger partial charge < -0.3 is 11.5 Å². The van der Waals surface area contributed by atoms with E-state index in [0.29, 0.717) is 33.7 Å². The van der Waals surface area contributed by atoms with E-state index in [1.165, 1.54) is 0 Å². The van der Waals surface area contributed by atoms with Gasteiger partial charge in [-0.1, -0.05) is 60.7 Å². The van der Waals surface area contributed by atoms with Crippen molar-refractivity contribution < 1.29 is 19.4 Å². The van der Waals surface area contributed by atoms with E-state index < -0.39 is 5.78 Å². The van der Waals surface area contributed by atoms with E-state index in [1.54, 1.807) is 74.5 Å². The van der Waals surface area contributed by atoms with Gasteiger partial charge >= 0.3 is 0 Å². The first-order valence-electron chi connectivity index (χ1n) is 11.5. The summed E-state index contributed by atoms with van der Waals surface area (Å²) in [6, 6.07) is 20.8. The average molecular weight is 481 g/mol. The molecule has 0 atom stereocenters. The molecule has 4 N–H and O–H groups in total. The van der Waals surface area contributed by atoms with Crippen molar-refractivity contribution in [2.75, 3.05) is 11.5 Å². The van der Waals surface area contributed by atoms with Gasteiger partial charge in [-0.3, -0.25) is 19.4 Å². The highest BCUT2D eigenvalue weighted by atomic mass is 17.2. The largest absolute Gasteiger partial charge is 0.399 e. The molecule has 0 bridgehead atoms. The number of carbonyl (C=O) groups is 2. The highest BCUT2D eigenvalue weighted by molar-refractivity contribution is 6.23. The third-order valence-corrected chi connectivity index (χ3v) is 6.57. The normalized spacial score (nSPS) is 10.7. The topological polar surface area (TPSA) is 105 Å². The first-order valence-corrected chi connectivity index (χ1v) is 11.5. The standard InChI is InChI=1S/C30H28N2O4/c1-17-18(2)24(16-15-23(17)31)35-36-30-20(4)19(3)27(32)25(28(33)21-11-7-5-8-12-21)26(30)29(34)22-13-9-6-10-14-22/h5-16H,31-32H2,1-4H3. The Morgan fingerprint density at radius 3 is 1.67 bits per heavy atom. The van der Waals surface area contributed by atoms with Crippen LogP contribution in [-0.4, -0.2) is 11.6 Å². The minimum Gasteiger partial charge on any atom is -0.399 e. The van der Waals surface area contributed by atoms with Crippen molar-refractivity contribution in [1.29, 1.82) is 0 Å². The summed E-state index contributed by atoms with van der Waals surface area (Å²) < 4.78 is 0. The summed E-state index contributed by atoms with van der Waals surface area (Å²) in [7, 11) is 0. The SMILES string of the molecule is Cc1c(N)ccc(OOc2c(C)c(C)c(N)c(C(=O)c3ccccc3)c2C(=O)c2ccccc2)c1C. The maximum absolute atomic E-state index is 13.9. The van der Waals surface area contributed by atoms with Gasteiger partial charge in [-0.05, 0) is 51.0 Å². The molecule has 6 nitrogen and oxygen atoms in total.